The Kier molecular flexibility index (Phi) is 3.25. The minimum absolute atomic E-state index is 0.361. The molecule has 0 saturated carbocycles. The zero-order chi connectivity index (χ0) is 9.84. The molecule has 5 nitrogen and oxygen atoms in total. The molecular formula is C8H13NO4. The number of carbonyl (C=O) groups is 2. The summed E-state index contributed by atoms with van der Waals surface area (Å²) < 4.78 is 9.12. The first-order valence-electron chi connectivity index (χ1n) is 4.09. The SMILES string of the molecule is COC(=O)[C@@H]1CCN[C@H]1C(=O)OC. The predicted octanol–water partition coefficient (Wildman–Crippen LogP) is -0.690. The van der Waals surface area contributed by atoms with Crippen molar-refractivity contribution in [1.82, 2.24) is 5.32 Å². The Bertz CT molecular complexity index is 194. The summed E-state index contributed by atoms with van der Waals surface area (Å²) in [6.45, 7) is 0.638. The molecule has 0 bridgehead atoms. The third kappa shape index (κ3) is 1.98. The van der Waals surface area contributed by atoms with Crippen LogP contribution in [0.15, 0.2) is 0 Å². The van der Waals surface area contributed by atoms with Crippen molar-refractivity contribution in [3.8, 4) is 0 Å². The van der Waals surface area contributed by atoms with Gasteiger partial charge in [-0.1, -0.05) is 0 Å². The number of rotatable bonds is 2. The van der Waals surface area contributed by atoms with E-state index in [1.54, 1.807) is 0 Å². The topological polar surface area (TPSA) is 64.6 Å². The Morgan fingerprint density at radius 3 is 2.38 bits per heavy atom. The summed E-state index contributed by atoms with van der Waals surface area (Å²) in [5.41, 5.74) is 0. The lowest BCUT2D eigenvalue weighted by Crippen LogP contribution is -2.39. The molecule has 1 rings (SSSR count). The van der Waals surface area contributed by atoms with Gasteiger partial charge in [0.2, 0.25) is 0 Å². The third-order valence-electron chi connectivity index (χ3n) is 2.18. The van der Waals surface area contributed by atoms with E-state index in [0.717, 1.165) is 0 Å². The highest BCUT2D eigenvalue weighted by Crippen LogP contribution is 2.17. The molecule has 1 aliphatic heterocycles. The van der Waals surface area contributed by atoms with Crippen LogP contribution in [-0.4, -0.2) is 38.7 Å². The van der Waals surface area contributed by atoms with Crippen LogP contribution in [0.3, 0.4) is 0 Å². The van der Waals surface area contributed by atoms with Crippen molar-refractivity contribution < 1.29 is 19.1 Å². The van der Waals surface area contributed by atoms with Crippen molar-refractivity contribution in [2.24, 2.45) is 5.92 Å². The van der Waals surface area contributed by atoms with Gasteiger partial charge in [-0.3, -0.25) is 9.59 Å². The van der Waals surface area contributed by atoms with Crippen molar-refractivity contribution in [2.45, 2.75) is 12.5 Å². The normalized spacial score (nSPS) is 26.9. The summed E-state index contributed by atoms with van der Waals surface area (Å²) in [6.07, 6.45) is 0.618. The van der Waals surface area contributed by atoms with Crippen LogP contribution < -0.4 is 5.32 Å². The summed E-state index contributed by atoms with van der Waals surface area (Å²) in [5, 5.41) is 2.90. The highest BCUT2D eigenvalue weighted by molar-refractivity contribution is 5.85. The van der Waals surface area contributed by atoms with E-state index in [9.17, 15) is 9.59 Å². The maximum atomic E-state index is 11.2. The number of nitrogens with one attached hydrogen (secondary N) is 1. The molecule has 0 amide bonds. The number of hydrogen-bond donors (Lipinski definition) is 1. The highest BCUT2D eigenvalue weighted by atomic mass is 16.5. The van der Waals surface area contributed by atoms with Crippen molar-refractivity contribution in [2.75, 3.05) is 20.8 Å². The Morgan fingerprint density at radius 2 is 1.85 bits per heavy atom. The van der Waals surface area contributed by atoms with E-state index in [2.05, 4.69) is 14.8 Å². The molecule has 13 heavy (non-hydrogen) atoms. The average Bonchev–Trinajstić information content (AvgIpc) is 2.63. The van der Waals surface area contributed by atoms with Gasteiger partial charge in [0, 0.05) is 0 Å². The number of esters is 2. The van der Waals surface area contributed by atoms with Crippen LogP contribution in [0.25, 0.3) is 0 Å². The molecule has 0 spiro atoms. The lowest BCUT2D eigenvalue weighted by atomic mass is 10.0. The van der Waals surface area contributed by atoms with Gasteiger partial charge in [-0.15, -0.1) is 0 Å². The summed E-state index contributed by atoms with van der Waals surface area (Å²) in [6, 6.07) is -0.544. The second-order valence-corrected chi connectivity index (χ2v) is 2.87. The molecule has 0 aliphatic carbocycles. The zero-order valence-electron chi connectivity index (χ0n) is 7.70. The van der Waals surface area contributed by atoms with Gasteiger partial charge >= 0.3 is 11.9 Å². The molecule has 0 aromatic rings. The molecule has 0 aromatic carbocycles. The maximum absolute atomic E-state index is 11.2. The number of hydrogen-bond acceptors (Lipinski definition) is 5. The molecule has 0 unspecified atom stereocenters. The molecular weight excluding hydrogens is 174 g/mol. The van der Waals surface area contributed by atoms with E-state index in [1.165, 1.54) is 14.2 Å². The van der Waals surface area contributed by atoms with Crippen molar-refractivity contribution in [3.05, 3.63) is 0 Å². The largest absolute Gasteiger partial charge is 0.469 e. The molecule has 74 valence electrons. The van der Waals surface area contributed by atoms with Crippen LogP contribution in [0.5, 0.6) is 0 Å². The van der Waals surface area contributed by atoms with Crippen LogP contribution in [0.1, 0.15) is 6.42 Å². The van der Waals surface area contributed by atoms with E-state index >= 15 is 0 Å². The van der Waals surface area contributed by atoms with Crippen LogP contribution in [0.4, 0.5) is 0 Å². The van der Waals surface area contributed by atoms with E-state index in [-0.39, 0.29) is 5.97 Å². The summed E-state index contributed by atoms with van der Waals surface area (Å²) in [7, 11) is 2.62. The molecule has 1 heterocycles. The van der Waals surface area contributed by atoms with Crippen LogP contribution in [0.2, 0.25) is 0 Å². The highest BCUT2D eigenvalue weighted by Gasteiger charge is 2.38. The molecule has 0 radical (unpaired) electrons. The van der Waals surface area contributed by atoms with Gasteiger partial charge in [0.25, 0.3) is 0 Å². The summed E-state index contributed by atoms with van der Waals surface area (Å²) >= 11 is 0. The molecule has 5 heteroatoms. The number of carbonyl (C=O) groups excluding carboxylic acids is 2. The zero-order valence-corrected chi connectivity index (χ0v) is 7.70. The van der Waals surface area contributed by atoms with Crippen LogP contribution >= 0.6 is 0 Å². The first kappa shape index (κ1) is 9.98. The van der Waals surface area contributed by atoms with Crippen molar-refractivity contribution in [3.63, 3.8) is 0 Å². The van der Waals surface area contributed by atoms with E-state index in [4.69, 9.17) is 0 Å². The first-order valence-corrected chi connectivity index (χ1v) is 4.09. The first-order chi connectivity index (χ1) is 6.20. The van der Waals surface area contributed by atoms with Crippen LogP contribution in [-0.2, 0) is 19.1 Å². The van der Waals surface area contributed by atoms with Gasteiger partial charge in [-0.05, 0) is 13.0 Å². The maximum Gasteiger partial charge on any atom is 0.323 e. The minimum Gasteiger partial charge on any atom is -0.469 e. The predicted molar refractivity (Wildman–Crippen MR) is 43.9 cm³/mol. The van der Waals surface area contributed by atoms with Gasteiger partial charge in [0.15, 0.2) is 0 Å². The van der Waals surface area contributed by atoms with E-state index in [1.807, 2.05) is 0 Å². The van der Waals surface area contributed by atoms with Crippen molar-refractivity contribution in [1.29, 1.82) is 0 Å². The molecule has 1 aliphatic rings. The van der Waals surface area contributed by atoms with Gasteiger partial charge < -0.3 is 14.8 Å². The lowest BCUT2D eigenvalue weighted by Gasteiger charge is -2.14. The molecule has 1 saturated heterocycles. The monoisotopic (exact) mass is 187 g/mol. The quantitative estimate of drug-likeness (QED) is 0.580. The number of ether oxygens (including phenoxy) is 2. The Balaban J connectivity index is 2.63. The van der Waals surface area contributed by atoms with Gasteiger partial charge in [0.05, 0.1) is 20.1 Å². The second-order valence-electron chi connectivity index (χ2n) is 2.87. The Labute approximate surface area is 76.4 Å². The fourth-order valence-corrected chi connectivity index (χ4v) is 1.48. The van der Waals surface area contributed by atoms with Gasteiger partial charge in [-0.2, -0.15) is 0 Å². The third-order valence-corrected chi connectivity index (χ3v) is 2.18. The fraction of sp³-hybridized carbons (Fsp3) is 0.750. The number of methoxy groups -OCH3 is 2. The molecule has 2 atom stereocenters. The second kappa shape index (κ2) is 4.23. The minimum atomic E-state index is -0.544. The van der Waals surface area contributed by atoms with E-state index < -0.39 is 17.9 Å². The average molecular weight is 187 g/mol. The molecule has 0 aromatic heterocycles. The lowest BCUT2D eigenvalue weighted by molar-refractivity contribution is -0.153. The van der Waals surface area contributed by atoms with Crippen molar-refractivity contribution >= 4 is 11.9 Å². The molecule has 1 fully saturated rings. The van der Waals surface area contributed by atoms with E-state index in [0.29, 0.717) is 13.0 Å². The van der Waals surface area contributed by atoms with Crippen LogP contribution in [0, 0.1) is 5.92 Å². The Morgan fingerprint density at radius 1 is 1.23 bits per heavy atom. The Hall–Kier alpha value is -1.10. The summed E-state index contributed by atoms with van der Waals surface area (Å²) in [5.74, 6) is -1.18. The molecule has 1 N–H and O–H groups in total. The fourth-order valence-electron chi connectivity index (χ4n) is 1.48. The smallest absolute Gasteiger partial charge is 0.323 e. The van der Waals surface area contributed by atoms with Gasteiger partial charge in [0.1, 0.15) is 6.04 Å². The van der Waals surface area contributed by atoms with Gasteiger partial charge in [-0.25, -0.2) is 0 Å². The summed E-state index contributed by atoms with van der Waals surface area (Å²) in [4.78, 5) is 22.3. The standard InChI is InChI=1S/C8H13NO4/c1-12-7(10)5-3-4-9-6(5)8(11)13-2/h5-6,9H,3-4H2,1-2H3/t5-,6-/m1/s1.